The molecule has 0 radical (unpaired) electrons. The Balaban J connectivity index is 2.02. The number of hydrogen-bond acceptors (Lipinski definition) is 3. The molecule has 1 aromatic heterocycles. The third kappa shape index (κ3) is 3.11. The molecule has 18 heavy (non-hydrogen) atoms. The Morgan fingerprint density at radius 1 is 1.17 bits per heavy atom. The van der Waals surface area contributed by atoms with Crippen LogP contribution < -0.4 is 0 Å². The van der Waals surface area contributed by atoms with Gasteiger partial charge < -0.3 is 9.80 Å². The fourth-order valence-corrected chi connectivity index (χ4v) is 3.37. The van der Waals surface area contributed by atoms with E-state index in [1.165, 1.54) is 11.3 Å². The first kappa shape index (κ1) is 13.5. The Labute approximate surface area is 119 Å². The van der Waals surface area contributed by atoms with Crippen molar-refractivity contribution >= 4 is 39.1 Å². The number of carbonyl (C=O) groups is 2. The lowest BCUT2D eigenvalue weighted by Gasteiger charge is -2.20. The van der Waals surface area contributed by atoms with E-state index >= 15 is 0 Å². The number of nitrogens with zero attached hydrogens (tertiary/aromatic N) is 2. The van der Waals surface area contributed by atoms with Gasteiger partial charge >= 0.3 is 0 Å². The number of halogens is 1. The molecule has 1 aliphatic rings. The second-order valence-corrected chi connectivity index (χ2v) is 6.72. The average molecular weight is 331 g/mol. The van der Waals surface area contributed by atoms with E-state index in [2.05, 4.69) is 15.9 Å². The van der Waals surface area contributed by atoms with Crippen molar-refractivity contribution < 1.29 is 9.59 Å². The fourth-order valence-electron chi connectivity index (χ4n) is 2.02. The van der Waals surface area contributed by atoms with E-state index in [1.54, 1.807) is 11.8 Å². The molecule has 1 aliphatic heterocycles. The molecule has 0 N–H and O–H groups in total. The van der Waals surface area contributed by atoms with Gasteiger partial charge in [-0.1, -0.05) is 0 Å². The Morgan fingerprint density at radius 2 is 1.83 bits per heavy atom. The molecule has 0 saturated carbocycles. The summed E-state index contributed by atoms with van der Waals surface area (Å²) >= 11 is 4.81. The molecular formula is C12H15BrN2O2S. The zero-order valence-electron chi connectivity index (χ0n) is 10.2. The van der Waals surface area contributed by atoms with Crippen molar-refractivity contribution in [2.75, 3.05) is 26.2 Å². The lowest BCUT2D eigenvalue weighted by Crippen LogP contribution is -2.36. The van der Waals surface area contributed by atoms with Crippen LogP contribution in [0, 0.1) is 0 Å². The third-order valence-corrected chi connectivity index (χ3v) is 4.62. The van der Waals surface area contributed by atoms with Gasteiger partial charge in [0, 0.05) is 33.1 Å². The van der Waals surface area contributed by atoms with Crippen LogP contribution in [0.4, 0.5) is 0 Å². The highest BCUT2D eigenvalue weighted by Gasteiger charge is 2.22. The van der Waals surface area contributed by atoms with E-state index in [-0.39, 0.29) is 11.8 Å². The van der Waals surface area contributed by atoms with E-state index in [0.717, 1.165) is 28.2 Å². The van der Waals surface area contributed by atoms with Crippen molar-refractivity contribution in [2.24, 2.45) is 0 Å². The van der Waals surface area contributed by atoms with Gasteiger partial charge in [-0.15, -0.1) is 11.3 Å². The first-order chi connectivity index (χ1) is 8.58. The van der Waals surface area contributed by atoms with E-state index in [4.69, 9.17) is 0 Å². The van der Waals surface area contributed by atoms with Crippen LogP contribution in [0.2, 0.25) is 0 Å². The molecule has 0 unspecified atom stereocenters. The zero-order chi connectivity index (χ0) is 13.1. The molecule has 0 atom stereocenters. The van der Waals surface area contributed by atoms with Gasteiger partial charge in [0.25, 0.3) is 5.91 Å². The number of carbonyl (C=O) groups excluding carboxylic acids is 2. The monoisotopic (exact) mass is 330 g/mol. The minimum atomic E-state index is 0.0658. The Bertz CT molecular complexity index is 461. The molecule has 0 aromatic carbocycles. The molecule has 6 heteroatoms. The molecule has 2 rings (SSSR count). The smallest absolute Gasteiger partial charge is 0.264 e. The van der Waals surface area contributed by atoms with E-state index in [0.29, 0.717) is 13.1 Å². The van der Waals surface area contributed by atoms with Crippen LogP contribution in [-0.4, -0.2) is 47.8 Å². The summed E-state index contributed by atoms with van der Waals surface area (Å²) in [6, 6.07) is 3.72. The maximum atomic E-state index is 12.3. The van der Waals surface area contributed by atoms with E-state index in [9.17, 15) is 9.59 Å². The molecule has 98 valence electrons. The topological polar surface area (TPSA) is 40.6 Å². The minimum Gasteiger partial charge on any atom is -0.341 e. The van der Waals surface area contributed by atoms with Gasteiger partial charge in [0.05, 0.1) is 8.66 Å². The van der Waals surface area contributed by atoms with Gasteiger partial charge in [-0.2, -0.15) is 0 Å². The van der Waals surface area contributed by atoms with Crippen LogP contribution in [0.5, 0.6) is 0 Å². The summed E-state index contributed by atoms with van der Waals surface area (Å²) in [4.78, 5) is 28.0. The van der Waals surface area contributed by atoms with Gasteiger partial charge in [0.1, 0.15) is 0 Å². The second-order valence-electron chi connectivity index (χ2n) is 4.26. The minimum absolute atomic E-state index is 0.0658. The van der Waals surface area contributed by atoms with Gasteiger partial charge in [0.2, 0.25) is 5.91 Å². The highest BCUT2D eigenvalue weighted by Crippen LogP contribution is 2.23. The average Bonchev–Trinajstić information content (AvgIpc) is 2.63. The number of hydrogen-bond donors (Lipinski definition) is 0. The van der Waals surface area contributed by atoms with Crippen molar-refractivity contribution in [3.63, 3.8) is 0 Å². The summed E-state index contributed by atoms with van der Waals surface area (Å²) in [5.74, 6) is 0.152. The maximum Gasteiger partial charge on any atom is 0.264 e. The molecule has 2 amide bonds. The molecular weight excluding hydrogens is 316 g/mol. The highest BCUT2D eigenvalue weighted by molar-refractivity contribution is 9.11. The van der Waals surface area contributed by atoms with Crippen LogP contribution in [0.1, 0.15) is 23.0 Å². The van der Waals surface area contributed by atoms with Crippen molar-refractivity contribution in [1.29, 1.82) is 0 Å². The summed E-state index contributed by atoms with van der Waals surface area (Å²) in [7, 11) is 0. The second kappa shape index (κ2) is 5.84. The third-order valence-electron chi connectivity index (χ3n) is 3.01. The van der Waals surface area contributed by atoms with Crippen LogP contribution >= 0.6 is 27.3 Å². The molecule has 1 fully saturated rings. The first-order valence-electron chi connectivity index (χ1n) is 5.88. The Morgan fingerprint density at radius 3 is 2.44 bits per heavy atom. The van der Waals surface area contributed by atoms with E-state index in [1.807, 2.05) is 17.0 Å². The molecule has 1 aromatic rings. The highest BCUT2D eigenvalue weighted by atomic mass is 79.9. The van der Waals surface area contributed by atoms with Crippen LogP contribution in [-0.2, 0) is 4.79 Å². The molecule has 4 nitrogen and oxygen atoms in total. The van der Waals surface area contributed by atoms with Gasteiger partial charge in [-0.25, -0.2) is 0 Å². The number of thiophene rings is 1. The fraction of sp³-hybridized carbons (Fsp3) is 0.500. The molecule has 0 aliphatic carbocycles. The predicted octanol–water partition coefficient (Wildman–Crippen LogP) is 2.21. The first-order valence-corrected chi connectivity index (χ1v) is 7.49. The van der Waals surface area contributed by atoms with Crippen molar-refractivity contribution in [2.45, 2.75) is 13.3 Å². The molecule has 2 heterocycles. The maximum absolute atomic E-state index is 12.3. The van der Waals surface area contributed by atoms with Gasteiger partial charge in [0.15, 0.2) is 0 Å². The van der Waals surface area contributed by atoms with Crippen LogP contribution in [0.3, 0.4) is 0 Å². The summed E-state index contributed by atoms with van der Waals surface area (Å²) in [6.45, 7) is 4.29. The summed E-state index contributed by atoms with van der Waals surface area (Å²) < 4.78 is 0.964. The van der Waals surface area contributed by atoms with Gasteiger partial charge in [-0.3, -0.25) is 9.59 Å². The quantitative estimate of drug-likeness (QED) is 0.792. The van der Waals surface area contributed by atoms with Crippen molar-refractivity contribution in [3.05, 3.63) is 20.8 Å². The summed E-state index contributed by atoms with van der Waals surface area (Å²) in [6.07, 6.45) is 0.845. The largest absolute Gasteiger partial charge is 0.341 e. The molecule has 0 bridgehead atoms. The number of rotatable bonds is 1. The van der Waals surface area contributed by atoms with E-state index < -0.39 is 0 Å². The molecule has 0 spiro atoms. The van der Waals surface area contributed by atoms with Crippen molar-refractivity contribution in [3.8, 4) is 0 Å². The standard InChI is InChI=1S/C12H15BrN2O2S/c1-9(16)14-5-2-6-15(8-7-14)12(17)10-3-4-11(13)18-10/h3-4H,2,5-8H2,1H3. The summed E-state index contributed by atoms with van der Waals surface area (Å²) in [5, 5.41) is 0. The lowest BCUT2D eigenvalue weighted by atomic mass is 10.3. The van der Waals surface area contributed by atoms with Crippen LogP contribution in [0.25, 0.3) is 0 Å². The molecule has 1 saturated heterocycles. The Hall–Kier alpha value is -0.880. The zero-order valence-corrected chi connectivity index (χ0v) is 12.6. The summed E-state index contributed by atoms with van der Waals surface area (Å²) in [5.41, 5.74) is 0. The van der Waals surface area contributed by atoms with Gasteiger partial charge in [-0.05, 0) is 34.5 Å². The number of amides is 2. The predicted molar refractivity (Wildman–Crippen MR) is 74.8 cm³/mol. The van der Waals surface area contributed by atoms with Crippen LogP contribution in [0.15, 0.2) is 15.9 Å². The normalized spacial score (nSPS) is 16.6. The SMILES string of the molecule is CC(=O)N1CCCN(C(=O)c2ccc(Br)s2)CC1. The Kier molecular flexibility index (Phi) is 4.40. The van der Waals surface area contributed by atoms with Crippen molar-refractivity contribution in [1.82, 2.24) is 9.80 Å². The lowest BCUT2D eigenvalue weighted by molar-refractivity contribution is -0.128.